The number of rotatable bonds is 0. The molecule has 0 fully saturated rings. The lowest BCUT2D eigenvalue weighted by molar-refractivity contribution is 0.323. The largest absolute Gasteiger partial charge is 0.309 e. The molecule has 1 aliphatic rings. The molecule has 0 spiro atoms. The molecule has 170 valence electrons. The van der Waals surface area contributed by atoms with Crippen LogP contribution < -0.4 is 5.32 Å². The highest BCUT2D eigenvalue weighted by Crippen LogP contribution is 2.37. The highest BCUT2D eigenvalue weighted by Gasteiger charge is 2.19. The van der Waals surface area contributed by atoms with E-state index in [9.17, 15) is 0 Å². The van der Waals surface area contributed by atoms with Crippen LogP contribution in [0.15, 0.2) is 97.1 Å². The van der Waals surface area contributed by atoms with Gasteiger partial charge in [0.2, 0.25) is 0 Å². The maximum absolute atomic E-state index is 3.86. The van der Waals surface area contributed by atoms with Gasteiger partial charge >= 0.3 is 0 Å². The van der Waals surface area contributed by atoms with E-state index in [1.54, 1.807) is 0 Å². The zero-order valence-corrected chi connectivity index (χ0v) is 20.0. The number of nitrogens with zero attached hydrogens (tertiary/aromatic N) is 1. The maximum atomic E-state index is 3.86. The van der Waals surface area contributed by atoms with E-state index in [0.29, 0.717) is 0 Å². The van der Waals surface area contributed by atoms with Crippen molar-refractivity contribution in [3.63, 3.8) is 0 Å². The normalized spacial score (nSPS) is 14.9. The van der Waals surface area contributed by atoms with Crippen molar-refractivity contribution in [3.8, 4) is 0 Å². The molecule has 4 bridgehead atoms. The Hall–Kier alpha value is -3.72. The second kappa shape index (κ2) is 8.20. The molecule has 0 amide bonds. The third-order valence-corrected chi connectivity index (χ3v) is 7.77. The van der Waals surface area contributed by atoms with Gasteiger partial charge in [-0.15, -0.1) is 0 Å². The Kier molecular flexibility index (Phi) is 4.83. The minimum atomic E-state index is 0.835. The zero-order chi connectivity index (χ0) is 23.4. The van der Waals surface area contributed by atoms with Crippen LogP contribution in [0, 0.1) is 0 Å². The van der Waals surface area contributed by atoms with Crippen molar-refractivity contribution >= 4 is 43.1 Å². The van der Waals surface area contributed by atoms with Crippen molar-refractivity contribution in [1.82, 2.24) is 10.2 Å². The lowest BCUT2D eigenvalue weighted by atomic mass is 9.89. The summed E-state index contributed by atoms with van der Waals surface area (Å²) >= 11 is 0. The molecule has 1 aliphatic heterocycles. The Balaban J connectivity index is 1.53. The summed E-state index contributed by atoms with van der Waals surface area (Å²) in [4.78, 5) is 2.49. The molecule has 1 N–H and O–H groups in total. The summed E-state index contributed by atoms with van der Waals surface area (Å²) in [7, 11) is 2.27. The van der Waals surface area contributed by atoms with Gasteiger partial charge in [0.05, 0.1) is 0 Å². The summed E-state index contributed by atoms with van der Waals surface area (Å²) in [6, 6.07) is 35.8. The van der Waals surface area contributed by atoms with Gasteiger partial charge in [-0.05, 0) is 72.4 Å². The van der Waals surface area contributed by atoms with E-state index >= 15 is 0 Å². The minimum Gasteiger partial charge on any atom is -0.309 e. The summed E-state index contributed by atoms with van der Waals surface area (Å²) in [6.07, 6.45) is 0. The maximum Gasteiger partial charge on any atom is 0.0246 e. The molecule has 0 saturated carbocycles. The second-order valence-corrected chi connectivity index (χ2v) is 9.87. The average molecular weight is 453 g/mol. The van der Waals surface area contributed by atoms with Crippen molar-refractivity contribution in [2.24, 2.45) is 0 Å². The Bertz CT molecular complexity index is 1500. The molecular formula is C33H28N2. The number of benzene rings is 6. The molecule has 7 rings (SSSR count). The molecule has 0 unspecified atom stereocenters. The molecule has 6 aromatic rings. The summed E-state index contributed by atoms with van der Waals surface area (Å²) in [6.45, 7) is 3.47. The van der Waals surface area contributed by atoms with Crippen LogP contribution in [0.3, 0.4) is 0 Å². The zero-order valence-electron chi connectivity index (χ0n) is 20.0. The fourth-order valence-electron chi connectivity index (χ4n) is 6.25. The van der Waals surface area contributed by atoms with E-state index < -0.39 is 0 Å². The molecule has 1 heterocycles. The summed E-state index contributed by atoms with van der Waals surface area (Å²) in [5.74, 6) is 0. The quantitative estimate of drug-likeness (QED) is 0.240. The van der Waals surface area contributed by atoms with Gasteiger partial charge in [0.1, 0.15) is 0 Å². The fourth-order valence-corrected chi connectivity index (χ4v) is 6.25. The van der Waals surface area contributed by atoms with Crippen molar-refractivity contribution in [2.45, 2.75) is 26.2 Å². The molecule has 35 heavy (non-hydrogen) atoms. The van der Waals surface area contributed by atoms with Crippen LogP contribution in [0.4, 0.5) is 0 Å². The van der Waals surface area contributed by atoms with Gasteiger partial charge in [-0.3, -0.25) is 4.90 Å². The molecule has 0 saturated heterocycles. The molecule has 6 aromatic carbocycles. The van der Waals surface area contributed by atoms with E-state index in [0.717, 1.165) is 26.2 Å². The van der Waals surface area contributed by atoms with Crippen LogP contribution in [-0.4, -0.2) is 11.9 Å². The van der Waals surface area contributed by atoms with Gasteiger partial charge in [-0.25, -0.2) is 0 Å². The fraction of sp³-hybridized carbons (Fsp3) is 0.152. The van der Waals surface area contributed by atoms with Crippen LogP contribution in [0.5, 0.6) is 0 Å². The predicted octanol–water partition coefficient (Wildman–Crippen LogP) is 7.53. The van der Waals surface area contributed by atoms with E-state index in [1.165, 1.54) is 65.3 Å². The second-order valence-electron chi connectivity index (χ2n) is 9.87. The van der Waals surface area contributed by atoms with E-state index in [2.05, 4.69) is 114 Å². The highest BCUT2D eigenvalue weighted by atomic mass is 15.1. The van der Waals surface area contributed by atoms with E-state index in [1.807, 2.05) is 0 Å². The standard InChI is InChI=1S/C33H28N2/c1-35-20-32-26-14-6-2-10-22(26)30(23-11-3-7-15-27(23)32)18-34-19-31-24-12-4-8-16-28(24)33(21-35)29-17-9-5-13-25(29)31/h2-17,34H,18-21H2,1H3. The van der Waals surface area contributed by atoms with Gasteiger partial charge in [0.25, 0.3) is 0 Å². The summed E-state index contributed by atoms with van der Waals surface area (Å²) < 4.78 is 0. The van der Waals surface area contributed by atoms with Crippen LogP contribution >= 0.6 is 0 Å². The van der Waals surface area contributed by atoms with Gasteiger partial charge < -0.3 is 5.32 Å². The van der Waals surface area contributed by atoms with Crippen LogP contribution in [0.1, 0.15) is 22.3 Å². The van der Waals surface area contributed by atoms with Gasteiger partial charge in [-0.2, -0.15) is 0 Å². The molecule has 0 aliphatic carbocycles. The summed E-state index contributed by atoms with van der Waals surface area (Å²) in [5, 5.41) is 14.8. The monoisotopic (exact) mass is 452 g/mol. The number of fused-ring (bicyclic) bond motifs is 6. The summed E-state index contributed by atoms with van der Waals surface area (Å²) in [5.41, 5.74) is 5.63. The Morgan fingerprint density at radius 1 is 0.429 bits per heavy atom. The first-order valence-corrected chi connectivity index (χ1v) is 12.5. The van der Waals surface area contributed by atoms with Crippen molar-refractivity contribution in [1.29, 1.82) is 0 Å². The number of hydrogen-bond acceptors (Lipinski definition) is 2. The first-order valence-electron chi connectivity index (χ1n) is 12.5. The van der Waals surface area contributed by atoms with E-state index in [-0.39, 0.29) is 0 Å². The predicted molar refractivity (Wildman–Crippen MR) is 149 cm³/mol. The lowest BCUT2D eigenvalue weighted by Gasteiger charge is -2.25. The molecule has 2 heteroatoms. The first-order chi connectivity index (χ1) is 17.3. The minimum absolute atomic E-state index is 0.835. The van der Waals surface area contributed by atoms with Crippen molar-refractivity contribution in [3.05, 3.63) is 119 Å². The molecule has 0 aromatic heterocycles. The topological polar surface area (TPSA) is 15.3 Å². The molecular weight excluding hydrogens is 424 g/mol. The van der Waals surface area contributed by atoms with Crippen LogP contribution in [-0.2, 0) is 26.2 Å². The highest BCUT2D eigenvalue weighted by molar-refractivity contribution is 6.07. The van der Waals surface area contributed by atoms with Gasteiger partial charge in [0, 0.05) is 26.2 Å². The first kappa shape index (κ1) is 20.6. The van der Waals surface area contributed by atoms with Crippen molar-refractivity contribution < 1.29 is 0 Å². The lowest BCUT2D eigenvalue weighted by Crippen LogP contribution is -2.20. The number of hydrogen-bond donors (Lipinski definition) is 1. The average Bonchev–Trinajstić information content (AvgIpc) is 2.91. The Morgan fingerprint density at radius 3 is 0.971 bits per heavy atom. The van der Waals surface area contributed by atoms with Crippen LogP contribution in [0.25, 0.3) is 43.1 Å². The number of nitrogens with one attached hydrogen (secondary N) is 1. The van der Waals surface area contributed by atoms with Crippen molar-refractivity contribution in [2.75, 3.05) is 7.05 Å². The third kappa shape index (κ3) is 3.25. The molecule has 0 radical (unpaired) electrons. The SMILES string of the molecule is CN1Cc2c3ccccc3c(c3ccccc23)CNCc2c3ccccc3c(c3ccccc23)C1. The molecule has 2 nitrogen and oxygen atoms in total. The van der Waals surface area contributed by atoms with Crippen LogP contribution in [0.2, 0.25) is 0 Å². The Morgan fingerprint density at radius 2 is 0.686 bits per heavy atom. The van der Waals surface area contributed by atoms with Gasteiger partial charge in [-0.1, -0.05) is 97.1 Å². The molecule has 0 atom stereocenters. The third-order valence-electron chi connectivity index (χ3n) is 7.77. The Labute approximate surface area is 205 Å². The van der Waals surface area contributed by atoms with E-state index in [4.69, 9.17) is 0 Å². The van der Waals surface area contributed by atoms with Gasteiger partial charge in [0.15, 0.2) is 0 Å². The smallest absolute Gasteiger partial charge is 0.0246 e.